The maximum Gasteiger partial charge on any atom is 0.256 e. The molecule has 140 valence electrons. The molecule has 1 aromatic rings. The van der Waals surface area contributed by atoms with Crippen molar-refractivity contribution in [1.29, 1.82) is 0 Å². The number of hydrogen-bond donors (Lipinski definition) is 2. The third-order valence-electron chi connectivity index (χ3n) is 3.77. The fourth-order valence-corrected chi connectivity index (χ4v) is 2.88. The molecular formula is C19H30N2O4. The number of anilines is 1. The molecule has 6 heteroatoms. The lowest BCUT2D eigenvalue weighted by molar-refractivity contribution is -0.142. The van der Waals surface area contributed by atoms with Crippen molar-refractivity contribution < 1.29 is 19.1 Å². The standard InChI is InChI=1S/C19H30N2O4/c1-13(2)10-19(24-5,11-14(3)4)18(23)21-15-6-8-16(9-7-15)25-12-17(20)22/h6-9,13-14H,10-12H2,1-5H3,(H2,20,22)(H,21,23). The number of hydrogen-bond acceptors (Lipinski definition) is 4. The van der Waals surface area contributed by atoms with Crippen LogP contribution in [0.3, 0.4) is 0 Å². The van der Waals surface area contributed by atoms with Crippen LogP contribution in [0.15, 0.2) is 24.3 Å². The topological polar surface area (TPSA) is 90.7 Å². The van der Waals surface area contributed by atoms with Crippen molar-refractivity contribution in [2.45, 2.75) is 46.1 Å². The van der Waals surface area contributed by atoms with Gasteiger partial charge >= 0.3 is 0 Å². The first kappa shape index (κ1) is 21.0. The first-order chi connectivity index (χ1) is 11.7. The number of methoxy groups -OCH3 is 1. The molecule has 0 aliphatic heterocycles. The number of benzene rings is 1. The van der Waals surface area contributed by atoms with Crippen LogP contribution in [0.5, 0.6) is 5.75 Å². The SMILES string of the molecule is COC(CC(C)C)(CC(C)C)C(=O)Nc1ccc(OCC(N)=O)cc1. The summed E-state index contributed by atoms with van der Waals surface area (Å²) in [5.74, 6) is 0.482. The third-order valence-corrected chi connectivity index (χ3v) is 3.77. The van der Waals surface area contributed by atoms with E-state index in [1.807, 2.05) is 0 Å². The minimum Gasteiger partial charge on any atom is -0.484 e. The number of ether oxygens (including phenoxy) is 2. The van der Waals surface area contributed by atoms with Gasteiger partial charge in [0.15, 0.2) is 6.61 Å². The van der Waals surface area contributed by atoms with E-state index in [2.05, 4.69) is 33.0 Å². The minimum absolute atomic E-state index is 0.150. The summed E-state index contributed by atoms with van der Waals surface area (Å²) in [5, 5.41) is 2.93. The van der Waals surface area contributed by atoms with Gasteiger partial charge in [0, 0.05) is 12.8 Å². The van der Waals surface area contributed by atoms with Gasteiger partial charge in [-0.05, 0) is 48.9 Å². The first-order valence-corrected chi connectivity index (χ1v) is 8.56. The normalized spacial score (nSPS) is 11.6. The summed E-state index contributed by atoms with van der Waals surface area (Å²) in [6, 6.07) is 6.80. The highest BCUT2D eigenvalue weighted by atomic mass is 16.5. The molecule has 0 aliphatic rings. The molecule has 0 atom stereocenters. The van der Waals surface area contributed by atoms with E-state index in [1.54, 1.807) is 31.4 Å². The predicted octanol–water partition coefficient (Wildman–Crippen LogP) is 2.97. The van der Waals surface area contributed by atoms with Crippen LogP contribution in [0.25, 0.3) is 0 Å². The molecule has 3 N–H and O–H groups in total. The molecule has 0 aliphatic carbocycles. The van der Waals surface area contributed by atoms with Crippen molar-refractivity contribution in [2.75, 3.05) is 19.0 Å². The summed E-state index contributed by atoms with van der Waals surface area (Å²) >= 11 is 0. The maximum atomic E-state index is 12.9. The Balaban J connectivity index is 2.86. The highest BCUT2D eigenvalue weighted by Crippen LogP contribution is 2.30. The zero-order chi connectivity index (χ0) is 19.0. The second-order valence-electron chi connectivity index (χ2n) is 7.13. The zero-order valence-electron chi connectivity index (χ0n) is 15.8. The molecule has 0 radical (unpaired) electrons. The van der Waals surface area contributed by atoms with Gasteiger partial charge in [0.1, 0.15) is 11.4 Å². The third kappa shape index (κ3) is 6.74. The molecule has 0 saturated carbocycles. The molecule has 0 bridgehead atoms. The molecule has 0 fully saturated rings. The van der Waals surface area contributed by atoms with Gasteiger partial charge in [-0.1, -0.05) is 27.7 Å². The molecule has 6 nitrogen and oxygen atoms in total. The summed E-state index contributed by atoms with van der Waals surface area (Å²) in [6.45, 7) is 8.12. The molecule has 0 unspecified atom stereocenters. The fraction of sp³-hybridized carbons (Fsp3) is 0.579. The van der Waals surface area contributed by atoms with Crippen molar-refractivity contribution in [1.82, 2.24) is 0 Å². The molecule has 1 aromatic carbocycles. The van der Waals surface area contributed by atoms with E-state index < -0.39 is 11.5 Å². The number of primary amides is 1. The van der Waals surface area contributed by atoms with Crippen LogP contribution in [0, 0.1) is 11.8 Å². The van der Waals surface area contributed by atoms with Gasteiger partial charge in [0.25, 0.3) is 11.8 Å². The minimum atomic E-state index is -0.858. The van der Waals surface area contributed by atoms with Crippen molar-refractivity contribution in [3.05, 3.63) is 24.3 Å². The molecule has 0 saturated heterocycles. The quantitative estimate of drug-likeness (QED) is 0.679. The van der Waals surface area contributed by atoms with Gasteiger partial charge < -0.3 is 20.5 Å². The van der Waals surface area contributed by atoms with Crippen LogP contribution in [-0.4, -0.2) is 31.1 Å². The van der Waals surface area contributed by atoms with Crippen molar-refractivity contribution in [2.24, 2.45) is 17.6 Å². The molecule has 0 aromatic heterocycles. The Labute approximate surface area is 150 Å². The lowest BCUT2D eigenvalue weighted by atomic mass is 9.84. The fourth-order valence-electron chi connectivity index (χ4n) is 2.88. The van der Waals surface area contributed by atoms with Crippen LogP contribution in [0.2, 0.25) is 0 Å². The summed E-state index contributed by atoms with van der Waals surface area (Å²) in [4.78, 5) is 23.6. The Morgan fingerprint density at radius 1 is 1.08 bits per heavy atom. The lowest BCUT2D eigenvalue weighted by Gasteiger charge is -2.34. The molecule has 2 amide bonds. The van der Waals surface area contributed by atoms with Crippen molar-refractivity contribution in [3.8, 4) is 5.75 Å². The van der Waals surface area contributed by atoms with E-state index in [9.17, 15) is 9.59 Å². The van der Waals surface area contributed by atoms with Gasteiger partial charge in [-0.2, -0.15) is 0 Å². The Morgan fingerprint density at radius 3 is 2.00 bits per heavy atom. The molecule has 0 spiro atoms. The van der Waals surface area contributed by atoms with Gasteiger partial charge in [-0.25, -0.2) is 0 Å². The molecular weight excluding hydrogens is 320 g/mol. The molecule has 1 rings (SSSR count). The van der Waals surface area contributed by atoms with Crippen LogP contribution in [0.1, 0.15) is 40.5 Å². The molecule has 0 heterocycles. The van der Waals surface area contributed by atoms with E-state index in [4.69, 9.17) is 15.2 Å². The first-order valence-electron chi connectivity index (χ1n) is 8.56. The maximum absolute atomic E-state index is 12.9. The van der Waals surface area contributed by atoms with Crippen LogP contribution >= 0.6 is 0 Å². The van der Waals surface area contributed by atoms with Gasteiger partial charge in [-0.3, -0.25) is 9.59 Å². The average Bonchev–Trinajstić information content (AvgIpc) is 2.52. The number of amides is 2. The van der Waals surface area contributed by atoms with E-state index in [-0.39, 0.29) is 12.5 Å². The number of nitrogens with one attached hydrogen (secondary N) is 1. The van der Waals surface area contributed by atoms with Gasteiger partial charge in [-0.15, -0.1) is 0 Å². The lowest BCUT2D eigenvalue weighted by Crippen LogP contribution is -2.46. The van der Waals surface area contributed by atoms with Gasteiger partial charge in [0.2, 0.25) is 0 Å². The molecule has 25 heavy (non-hydrogen) atoms. The monoisotopic (exact) mass is 350 g/mol. The smallest absolute Gasteiger partial charge is 0.256 e. The van der Waals surface area contributed by atoms with Crippen LogP contribution in [-0.2, 0) is 14.3 Å². The number of nitrogens with two attached hydrogens (primary N) is 1. The van der Waals surface area contributed by atoms with Crippen molar-refractivity contribution in [3.63, 3.8) is 0 Å². The summed E-state index contributed by atoms with van der Waals surface area (Å²) in [7, 11) is 1.59. The summed E-state index contributed by atoms with van der Waals surface area (Å²) in [6.07, 6.45) is 1.29. The van der Waals surface area contributed by atoms with E-state index >= 15 is 0 Å². The summed E-state index contributed by atoms with van der Waals surface area (Å²) in [5.41, 5.74) is 4.83. The Bertz CT molecular complexity index is 557. The number of carbonyl (C=O) groups excluding carboxylic acids is 2. The summed E-state index contributed by atoms with van der Waals surface area (Å²) < 4.78 is 10.9. The van der Waals surface area contributed by atoms with Crippen LogP contribution < -0.4 is 15.8 Å². The van der Waals surface area contributed by atoms with Crippen molar-refractivity contribution >= 4 is 17.5 Å². The number of carbonyl (C=O) groups is 2. The van der Waals surface area contributed by atoms with Crippen LogP contribution in [0.4, 0.5) is 5.69 Å². The van der Waals surface area contributed by atoms with E-state index in [1.165, 1.54) is 0 Å². The Kier molecular flexibility index (Phi) is 7.90. The Morgan fingerprint density at radius 2 is 1.60 bits per heavy atom. The number of rotatable bonds is 10. The Hall–Kier alpha value is -2.08. The largest absolute Gasteiger partial charge is 0.484 e. The average molecular weight is 350 g/mol. The highest BCUT2D eigenvalue weighted by Gasteiger charge is 2.39. The van der Waals surface area contributed by atoms with Gasteiger partial charge in [0.05, 0.1) is 0 Å². The van der Waals surface area contributed by atoms with E-state index in [0.717, 1.165) is 0 Å². The predicted molar refractivity (Wildman–Crippen MR) is 98.4 cm³/mol. The van der Waals surface area contributed by atoms with E-state index in [0.29, 0.717) is 36.1 Å². The highest BCUT2D eigenvalue weighted by molar-refractivity contribution is 5.97. The zero-order valence-corrected chi connectivity index (χ0v) is 15.8. The second kappa shape index (κ2) is 9.42. The second-order valence-corrected chi connectivity index (χ2v) is 7.13.